The first-order chi connectivity index (χ1) is 31.5. The Kier molecular flexibility index (Phi) is 19.6. The molecule has 0 amide bonds. The highest BCUT2D eigenvalue weighted by Gasteiger charge is 2.42. The van der Waals surface area contributed by atoms with Crippen molar-refractivity contribution in [3.05, 3.63) is 187 Å². The maximum atomic E-state index is 12.8. The van der Waals surface area contributed by atoms with Gasteiger partial charge in [0.2, 0.25) is 5.43 Å². The molecule has 0 radical (unpaired) electrons. The van der Waals surface area contributed by atoms with Gasteiger partial charge < -0.3 is 29.9 Å². The minimum atomic E-state index is -1.27. The van der Waals surface area contributed by atoms with Gasteiger partial charge in [-0.25, -0.2) is 18.8 Å². The molecule has 342 valence electrons. The first kappa shape index (κ1) is 51.7. The zero-order valence-corrected chi connectivity index (χ0v) is 38.4. The summed E-state index contributed by atoms with van der Waals surface area (Å²) in [6.07, 6.45) is 9.95. The lowest BCUT2D eigenvalue weighted by atomic mass is 9.79. The highest BCUT2D eigenvalue weighted by molar-refractivity contribution is 14.1. The van der Waals surface area contributed by atoms with Crippen molar-refractivity contribution in [3.8, 4) is 0 Å². The summed E-state index contributed by atoms with van der Waals surface area (Å²) in [5.41, 5.74) is -0.0277. The van der Waals surface area contributed by atoms with Crippen molar-refractivity contribution in [2.75, 3.05) is 0 Å². The Balaban J connectivity index is 0.000000184. The lowest BCUT2D eigenvalue weighted by Gasteiger charge is -2.24. The number of rotatable bonds is 9. The number of allylic oxidation sites excluding steroid dienone is 1. The lowest BCUT2D eigenvalue weighted by Crippen LogP contribution is -2.32. The van der Waals surface area contributed by atoms with Gasteiger partial charge in [-0.15, -0.1) is 0 Å². The van der Waals surface area contributed by atoms with Gasteiger partial charge in [0.05, 0.1) is 33.4 Å². The topological polar surface area (TPSA) is 217 Å². The molecular formula is C51H45ClFIO12. The minimum Gasteiger partial charge on any atom is -0.481 e. The molecular weight excluding hydrogens is 986 g/mol. The van der Waals surface area contributed by atoms with E-state index in [2.05, 4.69) is 13.0 Å². The maximum absolute atomic E-state index is 12.8. The van der Waals surface area contributed by atoms with Gasteiger partial charge in [0.25, 0.3) is 0 Å². The van der Waals surface area contributed by atoms with Crippen LogP contribution in [-0.4, -0.2) is 55.4 Å². The number of halogens is 3. The van der Waals surface area contributed by atoms with Gasteiger partial charge in [0.1, 0.15) is 23.2 Å². The van der Waals surface area contributed by atoms with Gasteiger partial charge in [-0.3, -0.25) is 14.4 Å². The van der Waals surface area contributed by atoms with Crippen LogP contribution in [0.3, 0.4) is 0 Å². The standard InChI is InChI=1S/C15H10O2.C12H13FO2.C10H6O4.C7H4ClIO2.C7H12O2/c16-15(17)12-8-7-11-6-5-10-3-1-2-4-13(10)14(11)9-12;13-10-5-3-9(4-6-10)12(11(14)15)7-1-2-8-12;11-9-6-3-1-2-4-8(6)14-5-7(9)10(12)13;8-6-2-1-4(9)3-5(6)7(10)11;1-2-3-4-5-6-7(8)9/h1-9H,(H,16,17);3-6H,1-2,7-8H2,(H,14,15);1-5H,(H,12,13);1-3H,(H,10,11);4-5H,2-3,6H2,1H3,(H,8,9). The van der Waals surface area contributed by atoms with Crippen molar-refractivity contribution in [2.45, 2.75) is 57.3 Å². The van der Waals surface area contributed by atoms with Crippen LogP contribution in [0.5, 0.6) is 0 Å². The Labute approximate surface area is 396 Å². The number of aliphatic carboxylic acids is 2. The summed E-state index contributed by atoms with van der Waals surface area (Å²) >= 11 is 7.64. The number of para-hydroxylation sites is 1. The van der Waals surface area contributed by atoms with Gasteiger partial charge in [-0.2, -0.15) is 0 Å². The van der Waals surface area contributed by atoms with Crippen LogP contribution in [0.15, 0.2) is 149 Å². The van der Waals surface area contributed by atoms with Crippen molar-refractivity contribution in [3.63, 3.8) is 0 Å². The number of carboxylic acid groups (broad SMARTS) is 5. The second-order valence-corrected chi connectivity index (χ2v) is 16.3. The second-order valence-electron chi connectivity index (χ2n) is 14.7. The summed E-state index contributed by atoms with van der Waals surface area (Å²) in [7, 11) is 0. The fraction of sp³-hybridized carbons (Fsp3) is 0.176. The number of fused-ring (bicyclic) bond motifs is 4. The van der Waals surface area contributed by atoms with Gasteiger partial charge in [-0.05, 0) is 124 Å². The van der Waals surface area contributed by atoms with Crippen LogP contribution in [0.4, 0.5) is 4.39 Å². The van der Waals surface area contributed by atoms with Crippen molar-refractivity contribution < 1.29 is 58.3 Å². The number of carbonyl (C=O) groups is 5. The molecule has 12 nitrogen and oxygen atoms in total. The van der Waals surface area contributed by atoms with E-state index in [0.717, 1.165) is 62.6 Å². The Morgan fingerprint density at radius 3 is 1.86 bits per heavy atom. The lowest BCUT2D eigenvalue weighted by molar-refractivity contribution is -0.143. The van der Waals surface area contributed by atoms with Gasteiger partial charge in [-0.1, -0.05) is 117 Å². The Morgan fingerprint density at radius 1 is 0.697 bits per heavy atom. The van der Waals surface area contributed by atoms with Crippen LogP contribution < -0.4 is 5.43 Å². The summed E-state index contributed by atoms with van der Waals surface area (Å²) in [5, 5.41) is 48.6. The molecule has 0 spiro atoms. The third-order valence-corrected chi connectivity index (χ3v) is 11.2. The summed E-state index contributed by atoms with van der Waals surface area (Å²) in [6, 6.07) is 34.5. The van der Waals surface area contributed by atoms with E-state index in [1.165, 1.54) is 24.3 Å². The number of aromatic carboxylic acids is 3. The predicted molar refractivity (Wildman–Crippen MR) is 259 cm³/mol. The fourth-order valence-corrected chi connectivity index (χ4v) is 7.55. The Morgan fingerprint density at radius 2 is 1.29 bits per heavy atom. The molecule has 0 aliphatic heterocycles. The number of unbranched alkanes of at least 4 members (excludes halogenated alkanes) is 1. The van der Waals surface area contributed by atoms with Crippen molar-refractivity contribution in [1.29, 1.82) is 0 Å². The average Bonchev–Trinajstić information content (AvgIpc) is 3.81. The molecule has 7 aromatic rings. The summed E-state index contributed by atoms with van der Waals surface area (Å²) < 4.78 is 18.6. The van der Waals surface area contributed by atoms with Crippen molar-refractivity contribution in [1.82, 2.24) is 0 Å². The molecule has 1 fully saturated rings. The molecule has 1 heterocycles. The summed E-state index contributed by atoms with van der Waals surface area (Å²) in [4.78, 5) is 64.8. The maximum Gasteiger partial charge on any atom is 0.342 e. The van der Waals surface area contributed by atoms with E-state index in [1.807, 2.05) is 65.1 Å². The number of benzene rings is 6. The highest BCUT2D eigenvalue weighted by Crippen LogP contribution is 2.41. The highest BCUT2D eigenvalue weighted by atomic mass is 127. The van der Waals surface area contributed by atoms with E-state index in [9.17, 15) is 38.3 Å². The quantitative estimate of drug-likeness (QED) is 0.0518. The van der Waals surface area contributed by atoms with Crippen LogP contribution in [0, 0.1) is 9.39 Å². The molecule has 8 rings (SSSR count). The number of hydrogen-bond acceptors (Lipinski definition) is 7. The number of hydrogen-bond donors (Lipinski definition) is 5. The van der Waals surface area contributed by atoms with E-state index < -0.39 is 40.7 Å². The van der Waals surface area contributed by atoms with E-state index in [4.69, 9.17) is 36.4 Å². The van der Waals surface area contributed by atoms with Gasteiger partial charge in [0, 0.05) is 3.57 Å². The largest absolute Gasteiger partial charge is 0.481 e. The van der Waals surface area contributed by atoms with E-state index in [-0.39, 0.29) is 33.8 Å². The zero-order chi connectivity index (χ0) is 48.4. The molecule has 0 atom stereocenters. The zero-order valence-electron chi connectivity index (χ0n) is 35.5. The molecule has 1 saturated carbocycles. The second kappa shape index (κ2) is 25.0. The number of carboxylic acids is 5. The van der Waals surface area contributed by atoms with E-state index >= 15 is 0 Å². The predicted octanol–water partition coefficient (Wildman–Crippen LogP) is 12.4. The summed E-state index contributed by atoms with van der Waals surface area (Å²) in [5.74, 6) is -5.02. The third kappa shape index (κ3) is 14.3. The SMILES string of the molecule is CCCC=CCC(=O)O.O=C(O)C1(c2ccc(F)cc2)CCCC1.O=C(O)c1cc(I)ccc1Cl.O=C(O)c1ccc2ccc3ccccc3c2c1.O=C(O)c1coc2ccccc2c1=O. The molecule has 0 unspecified atom stereocenters. The molecule has 5 N–H and O–H groups in total. The molecule has 1 aliphatic carbocycles. The molecule has 6 aromatic carbocycles. The van der Waals surface area contributed by atoms with Crippen LogP contribution in [-0.2, 0) is 15.0 Å². The van der Waals surface area contributed by atoms with Crippen LogP contribution >= 0.6 is 34.2 Å². The van der Waals surface area contributed by atoms with Crippen LogP contribution in [0.25, 0.3) is 32.5 Å². The Hall–Kier alpha value is -6.91. The Bertz CT molecular complexity index is 2920. The molecule has 1 aliphatic rings. The molecule has 0 saturated heterocycles. The normalized spacial score (nSPS) is 12.3. The van der Waals surface area contributed by atoms with E-state index in [1.54, 1.807) is 60.7 Å². The summed E-state index contributed by atoms with van der Waals surface area (Å²) in [6.45, 7) is 2.06. The van der Waals surface area contributed by atoms with Crippen LogP contribution in [0.2, 0.25) is 5.02 Å². The average molecular weight is 1030 g/mol. The minimum absolute atomic E-state index is 0.151. The molecule has 0 bridgehead atoms. The van der Waals surface area contributed by atoms with Gasteiger partial charge >= 0.3 is 29.8 Å². The molecule has 1 aromatic heterocycles. The van der Waals surface area contributed by atoms with Gasteiger partial charge in [0.15, 0.2) is 0 Å². The monoisotopic (exact) mass is 1030 g/mol. The van der Waals surface area contributed by atoms with E-state index in [0.29, 0.717) is 24.0 Å². The van der Waals surface area contributed by atoms with Crippen molar-refractivity contribution >= 4 is 96.6 Å². The third-order valence-electron chi connectivity index (χ3n) is 10.2. The first-order valence-electron chi connectivity index (χ1n) is 20.4. The smallest absolute Gasteiger partial charge is 0.342 e. The first-order valence-corrected chi connectivity index (χ1v) is 21.9. The van der Waals surface area contributed by atoms with Crippen LogP contribution in [0.1, 0.15) is 88.5 Å². The molecule has 15 heteroatoms. The fourth-order valence-electron chi connectivity index (χ4n) is 6.86. The molecule has 66 heavy (non-hydrogen) atoms. The van der Waals surface area contributed by atoms with Crippen molar-refractivity contribution in [2.24, 2.45) is 0 Å².